The lowest BCUT2D eigenvalue weighted by atomic mass is 10.1. The van der Waals surface area contributed by atoms with Crippen molar-refractivity contribution in [2.75, 3.05) is 0 Å². The summed E-state index contributed by atoms with van der Waals surface area (Å²) in [6, 6.07) is 9.44. The number of allylic oxidation sites excluding steroid dienone is 1. The number of benzene rings is 1. The van der Waals surface area contributed by atoms with E-state index in [0.717, 1.165) is 18.4 Å². The zero-order valence-corrected chi connectivity index (χ0v) is 8.77. The van der Waals surface area contributed by atoms with Gasteiger partial charge in [-0.15, -0.1) is 0 Å². The molecule has 0 atom stereocenters. The summed E-state index contributed by atoms with van der Waals surface area (Å²) in [5, 5.41) is 0. The predicted molar refractivity (Wildman–Crippen MR) is 60.0 cm³/mol. The van der Waals surface area contributed by atoms with Crippen molar-refractivity contribution in [2.24, 2.45) is 5.73 Å². The summed E-state index contributed by atoms with van der Waals surface area (Å²) >= 11 is 0. The fourth-order valence-electron chi connectivity index (χ4n) is 1.20. The molecular weight excluding hydrogens is 190 g/mol. The summed E-state index contributed by atoms with van der Waals surface area (Å²) in [5.41, 5.74) is 5.87. The van der Waals surface area contributed by atoms with E-state index in [-0.39, 0.29) is 0 Å². The predicted octanol–water partition coefficient (Wildman–Crippen LogP) is 2.92. The SMILES string of the molecule is CCC/C=C(\OC(N)=O)c1ccccc1. The molecule has 1 amide bonds. The zero-order valence-electron chi connectivity index (χ0n) is 8.77. The Morgan fingerprint density at radius 3 is 2.60 bits per heavy atom. The Kier molecular flexibility index (Phi) is 4.41. The lowest BCUT2D eigenvalue weighted by Gasteiger charge is -2.06. The maximum atomic E-state index is 10.7. The number of primary amides is 1. The minimum atomic E-state index is -0.777. The minimum absolute atomic E-state index is 0.532. The molecule has 80 valence electrons. The summed E-state index contributed by atoms with van der Waals surface area (Å²) < 4.78 is 4.94. The third-order valence-corrected chi connectivity index (χ3v) is 1.89. The van der Waals surface area contributed by atoms with Gasteiger partial charge in [0.1, 0.15) is 5.76 Å². The van der Waals surface area contributed by atoms with Gasteiger partial charge in [-0.3, -0.25) is 0 Å². The number of carbonyl (C=O) groups is 1. The molecule has 1 aromatic rings. The van der Waals surface area contributed by atoms with Gasteiger partial charge >= 0.3 is 6.09 Å². The molecule has 3 heteroatoms. The summed E-state index contributed by atoms with van der Waals surface area (Å²) in [5.74, 6) is 0.532. The fraction of sp³-hybridized carbons (Fsp3) is 0.250. The molecule has 15 heavy (non-hydrogen) atoms. The summed E-state index contributed by atoms with van der Waals surface area (Å²) in [6.45, 7) is 2.06. The molecule has 0 saturated heterocycles. The smallest absolute Gasteiger partial charge is 0.409 e. The van der Waals surface area contributed by atoms with Crippen LogP contribution in [0.25, 0.3) is 5.76 Å². The summed E-state index contributed by atoms with van der Waals surface area (Å²) in [7, 11) is 0. The number of nitrogens with two attached hydrogens (primary N) is 1. The average Bonchev–Trinajstić information content (AvgIpc) is 2.25. The molecule has 0 heterocycles. The molecule has 2 N–H and O–H groups in total. The number of ether oxygens (including phenoxy) is 1. The van der Waals surface area contributed by atoms with Crippen LogP contribution in [0.3, 0.4) is 0 Å². The van der Waals surface area contributed by atoms with Gasteiger partial charge in [-0.25, -0.2) is 4.79 Å². The second-order valence-corrected chi connectivity index (χ2v) is 3.14. The number of rotatable bonds is 4. The van der Waals surface area contributed by atoms with Gasteiger partial charge < -0.3 is 10.5 Å². The van der Waals surface area contributed by atoms with Crippen LogP contribution in [0.5, 0.6) is 0 Å². The van der Waals surface area contributed by atoms with Crippen molar-refractivity contribution >= 4 is 11.9 Å². The number of carbonyl (C=O) groups excluding carboxylic acids is 1. The van der Waals surface area contributed by atoms with Crippen LogP contribution in [0.15, 0.2) is 36.4 Å². The Balaban J connectivity index is 2.86. The first-order chi connectivity index (χ1) is 7.24. The van der Waals surface area contributed by atoms with Crippen LogP contribution in [0, 0.1) is 0 Å². The molecule has 0 saturated carbocycles. The molecule has 0 aliphatic heterocycles. The van der Waals surface area contributed by atoms with E-state index in [1.807, 2.05) is 36.4 Å². The van der Waals surface area contributed by atoms with E-state index in [9.17, 15) is 4.79 Å². The first-order valence-electron chi connectivity index (χ1n) is 4.97. The highest BCUT2D eigenvalue weighted by Gasteiger charge is 2.04. The molecular formula is C12H15NO2. The van der Waals surface area contributed by atoms with E-state index in [0.29, 0.717) is 5.76 Å². The lowest BCUT2D eigenvalue weighted by Crippen LogP contribution is -2.12. The van der Waals surface area contributed by atoms with Crippen molar-refractivity contribution in [3.8, 4) is 0 Å². The van der Waals surface area contributed by atoms with Crippen LogP contribution in [-0.2, 0) is 4.74 Å². The Bertz CT molecular complexity index is 344. The van der Waals surface area contributed by atoms with Crippen LogP contribution in [-0.4, -0.2) is 6.09 Å². The lowest BCUT2D eigenvalue weighted by molar-refractivity contribution is 0.202. The van der Waals surface area contributed by atoms with E-state index < -0.39 is 6.09 Å². The van der Waals surface area contributed by atoms with E-state index in [1.165, 1.54) is 0 Å². The van der Waals surface area contributed by atoms with Gasteiger partial charge in [0.2, 0.25) is 0 Å². The van der Waals surface area contributed by atoms with E-state index >= 15 is 0 Å². The molecule has 0 aliphatic carbocycles. The fourth-order valence-corrected chi connectivity index (χ4v) is 1.20. The van der Waals surface area contributed by atoms with Gasteiger partial charge in [0.05, 0.1) is 0 Å². The number of amides is 1. The van der Waals surface area contributed by atoms with Gasteiger partial charge in [-0.05, 0) is 12.5 Å². The molecule has 3 nitrogen and oxygen atoms in total. The van der Waals surface area contributed by atoms with Gasteiger partial charge in [-0.1, -0.05) is 43.7 Å². The molecule has 0 unspecified atom stereocenters. The quantitative estimate of drug-likeness (QED) is 0.768. The van der Waals surface area contributed by atoms with Crippen molar-refractivity contribution in [1.82, 2.24) is 0 Å². The maximum absolute atomic E-state index is 10.7. The number of hydrogen-bond donors (Lipinski definition) is 1. The topological polar surface area (TPSA) is 52.3 Å². The largest absolute Gasteiger partial charge is 0.410 e. The van der Waals surface area contributed by atoms with Gasteiger partial charge in [0.25, 0.3) is 0 Å². The van der Waals surface area contributed by atoms with Crippen molar-refractivity contribution in [3.05, 3.63) is 42.0 Å². The van der Waals surface area contributed by atoms with Crippen LogP contribution >= 0.6 is 0 Å². The second kappa shape index (κ2) is 5.86. The highest BCUT2D eigenvalue weighted by molar-refractivity contribution is 5.75. The van der Waals surface area contributed by atoms with Crippen LogP contribution in [0.4, 0.5) is 4.79 Å². The van der Waals surface area contributed by atoms with Gasteiger partial charge in [-0.2, -0.15) is 0 Å². The maximum Gasteiger partial charge on any atom is 0.409 e. The van der Waals surface area contributed by atoms with E-state index in [2.05, 4.69) is 6.92 Å². The minimum Gasteiger partial charge on any atom is -0.410 e. The normalized spacial score (nSPS) is 11.1. The molecule has 0 bridgehead atoms. The summed E-state index contributed by atoms with van der Waals surface area (Å²) in [6.07, 6.45) is 2.96. The molecule has 1 aromatic carbocycles. The van der Waals surface area contributed by atoms with Crippen molar-refractivity contribution in [2.45, 2.75) is 19.8 Å². The van der Waals surface area contributed by atoms with Crippen LogP contribution < -0.4 is 5.73 Å². The van der Waals surface area contributed by atoms with Crippen LogP contribution in [0.1, 0.15) is 25.3 Å². The zero-order chi connectivity index (χ0) is 11.1. The Morgan fingerprint density at radius 2 is 2.07 bits per heavy atom. The van der Waals surface area contributed by atoms with Crippen molar-refractivity contribution in [3.63, 3.8) is 0 Å². The third-order valence-electron chi connectivity index (χ3n) is 1.89. The van der Waals surface area contributed by atoms with E-state index in [1.54, 1.807) is 0 Å². The van der Waals surface area contributed by atoms with E-state index in [4.69, 9.17) is 10.5 Å². The second-order valence-electron chi connectivity index (χ2n) is 3.14. The molecule has 0 radical (unpaired) electrons. The van der Waals surface area contributed by atoms with Crippen molar-refractivity contribution in [1.29, 1.82) is 0 Å². The molecule has 0 aromatic heterocycles. The van der Waals surface area contributed by atoms with Crippen LogP contribution in [0.2, 0.25) is 0 Å². The third kappa shape index (κ3) is 3.85. The standard InChI is InChI=1S/C12H15NO2/c1-2-3-9-11(15-12(13)14)10-7-5-4-6-8-10/h4-9H,2-3H2,1H3,(H2,13,14)/b11-9-. The molecule has 0 aliphatic rings. The highest BCUT2D eigenvalue weighted by Crippen LogP contribution is 2.16. The number of unbranched alkanes of at least 4 members (excludes halogenated alkanes) is 1. The highest BCUT2D eigenvalue weighted by atomic mass is 16.5. The number of hydrogen-bond acceptors (Lipinski definition) is 2. The average molecular weight is 205 g/mol. The molecule has 0 spiro atoms. The summed E-state index contributed by atoms with van der Waals surface area (Å²) in [4.78, 5) is 10.7. The first kappa shape index (κ1) is 11.3. The van der Waals surface area contributed by atoms with Crippen molar-refractivity contribution < 1.29 is 9.53 Å². The Morgan fingerprint density at radius 1 is 1.40 bits per heavy atom. The van der Waals surface area contributed by atoms with Gasteiger partial charge in [0.15, 0.2) is 0 Å². The Labute approximate surface area is 89.5 Å². The monoisotopic (exact) mass is 205 g/mol. The first-order valence-corrected chi connectivity index (χ1v) is 4.97. The Hall–Kier alpha value is -1.77. The van der Waals surface area contributed by atoms with Gasteiger partial charge in [0, 0.05) is 5.56 Å². The molecule has 0 fully saturated rings. The molecule has 1 rings (SSSR count).